The highest BCUT2D eigenvalue weighted by molar-refractivity contribution is 6.30. The van der Waals surface area contributed by atoms with E-state index in [1.807, 2.05) is 12.1 Å². The molecule has 0 saturated heterocycles. The molecule has 0 bridgehead atoms. The summed E-state index contributed by atoms with van der Waals surface area (Å²) >= 11 is 5.86. The highest BCUT2D eigenvalue weighted by atomic mass is 35.5. The minimum absolute atomic E-state index is 0.141. The lowest BCUT2D eigenvalue weighted by molar-refractivity contribution is -0.147. The van der Waals surface area contributed by atoms with E-state index >= 15 is 0 Å². The molecule has 0 N–H and O–H groups in total. The number of carbonyl (C=O) groups excluding carboxylic acids is 2. The second-order valence-electron chi connectivity index (χ2n) is 5.70. The Morgan fingerprint density at radius 2 is 1.86 bits per heavy atom. The van der Waals surface area contributed by atoms with Crippen LogP contribution in [-0.2, 0) is 20.7 Å². The van der Waals surface area contributed by atoms with Crippen LogP contribution in [-0.4, -0.2) is 18.9 Å². The average Bonchev–Trinajstić information content (AvgIpc) is 3.02. The molecule has 1 aromatic rings. The fourth-order valence-electron chi connectivity index (χ4n) is 2.97. The van der Waals surface area contributed by atoms with E-state index in [-0.39, 0.29) is 24.1 Å². The van der Waals surface area contributed by atoms with Crippen molar-refractivity contribution in [1.82, 2.24) is 0 Å². The van der Waals surface area contributed by atoms with Gasteiger partial charge in [-0.15, -0.1) is 0 Å². The van der Waals surface area contributed by atoms with Crippen molar-refractivity contribution >= 4 is 23.4 Å². The summed E-state index contributed by atoms with van der Waals surface area (Å²) in [4.78, 5) is 24.2. The van der Waals surface area contributed by atoms with Crippen LogP contribution >= 0.6 is 11.6 Å². The number of rotatable bonds is 6. The van der Waals surface area contributed by atoms with Gasteiger partial charge in [0.1, 0.15) is 5.78 Å². The van der Waals surface area contributed by atoms with Crippen LogP contribution in [0, 0.1) is 11.8 Å². The number of hydrogen-bond acceptors (Lipinski definition) is 3. The Balaban J connectivity index is 2.01. The molecule has 1 saturated carbocycles. The Hall–Kier alpha value is -1.35. The van der Waals surface area contributed by atoms with Gasteiger partial charge in [-0.1, -0.05) is 36.6 Å². The van der Waals surface area contributed by atoms with Crippen LogP contribution in [0.4, 0.5) is 0 Å². The Bertz CT molecular complexity index is 489. The predicted octanol–water partition coefficient (Wildman–Crippen LogP) is 3.82. The highest BCUT2D eigenvalue weighted by Gasteiger charge is 2.28. The second kappa shape index (κ2) is 7.60. The number of hydrogen-bond donors (Lipinski definition) is 0. The lowest BCUT2D eigenvalue weighted by Gasteiger charge is -2.16. The number of benzene rings is 1. The van der Waals surface area contributed by atoms with Crippen molar-refractivity contribution in [2.75, 3.05) is 7.11 Å². The number of halogens is 1. The molecule has 1 fully saturated rings. The maximum atomic E-state index is 12.3. The summed E-state index contributed by atoms with van der Waals surface area (Å²) in [6, 6.07) is 7.37. The van der Waals surface area contributed by atoms with Crippen molar-refractivity contribution in [3.8, 4) is 0 Å². The third-order valence-corrected chi connectivity index (χ3v) is 4.44. The smallest absolute Gasteiger partial charge is 0.309 e. The number of esters is 1. The zero-order chi connectivity index (χ0) is 15.2. The van der Waals surface area contributed by atoms with Gasteiger partial charge in [0.05, 0.1) is 13.0 Å². The molecule has 1 aliphatic carbocycles. The van der Waals surface area contributed by atoms with Crippen molar-refractivity contribution in [2.45, 2.75) is 38.5 Å². The van der Waals surface area contributed by atoms with Gasteiger partial charge in [0, 0.05) is 17.4 Å². The summed E-state index contributed by atoms with van der Waals surface area (Å²) in [5.74, 6) is -0.361. The van der Waals surface area contributed by atoms with E-state index in [0.717, 1.165) is 31.2 Å². The maximum absolute atomic E-state index is 12.3. The summed E-state index contributed by atoms with van der Waals surface area (Å²) in [6.45, 7) is 0. The first kappa shape index (κ1) is 16.0. The molecule has 0 radical (unpaired) electrons. The minimum Gasteiger partial charge on any atom is -0.469 e. The molecule has 1 aliphatic rings. The topological polar surface area (TPSA) is 43.4 Å². The van der Waals surface area contributed by atoms with Crippen molar-refractivity contribution in [2.24, 2.45) is 11.8 Å². The normalized spacial score (nSPS) is 16.7. The zero-order valence-corrected chi connectivity index (χ0v) is 13.1. The largest absolute Gasteiger partial charge is 0.469 e. The van der Waals surface area contributed by atoms with Gasteiger partial charge in [0.2, 0.25) is 0 Å². The first-order valence-electron chi connectivity index (χ1n) is 7.45. The Morgan fingerprint density at radius 1 is 1.24 bits per heavy atom. The van der Waals surface area contributed by atoms with E-state index < -0.39 is 5.92 Å². The molecule has 2 rings (SSSR count). The van der Waals surface area contributed by atoms with Gasteiger partial charge in [-0.3, -0.25) is 9.59 Å². The molecule has 114 valence electrons. The molecule has 3 nitrogen and oxygen atoms in total. The third-order valence-electron chi connectivity index (χ3n) is 4.19. The quantitative estimate of drug-likeness (QED) is 0.750. The molecule has 0 amide bonds. The van der Waals surface area contributed by atoms with Crippen LogP contribution in [0.2, 0.25) is 5.02 Å². The van der Waals surface area contributed by atoms with Crippen LogP contribution in [0.1, 0.15) is 37.7 Å². The predicted molar refractivity (Wildman–Crippen MR) is 82.2 cm³/mol. The standard InChI is InChI=1S/C17H21ClO3/c1-21-17(20)14(10-12-6-8-15(18)9-7-12)11-16(19)13-4-2-3-5-13/h6-9,13-14H,2-5,10-11H2,1H3/t14-/m1/s1. The summed E-state index contributed by atoms with van der Waals surface area (Å²) < 4.78 is 4.85. The van der Waals surface area contributed by atoms with Crippen molar-refractivity contribution < 1.29 is 14.3 Å². The maximum Gasteiger partial charge on any atom is 0.309 e. The molecule has 4 heteroatoms. The molecule has 0 heterocycles. The average molecular weight is 309 g/mol. The van der Waals surface area contributed by atoms with E-state index in [1.54, 1.807) is 12.1 Å². The van der Waals surface area contributed by atoms with Crippen LogP contribution < -0.4 is 0 Å². The Kier molecular flexibility index (Phi) is 5.80. The minimum atomic E-state index is -0.399. The summed E-state index contributed by atoms with van der Waals surface area (Å²) in [5, 5.41) is 0.662. The molecule has 1 atom stereocenters. The highest BCUT2D eigenvalue weighted by Crippen LogP contribution is 2.28. The number of methoxy groups -OCH3 is 1. The lowest BCUT2D eigenvalue weighted by atomic mass is 9.89. The van der Waals surface area contributed by atoms with Gasteiger partial charge in [-0.05, 0) is 37.0 Å². The fourth-order valence-corrected chi connectivity index (χ4v) is 3.09. The first-order valence-corrected chi connectivity index (χ1v) is 7.83. The molecule has 0 unspecified atom stereocenters. The second-order valence-corrected chi connectivity index (χ2v) is 6.14. The van der Waals surface area contributed by atoms with E-state index in [0.29, 0.717) is 11.4 Å². The number of ether oxygens (including phenoxy) is 1. The van der Waals surface area contributed by atoms with Gasteiger partial charge in [-0.2, -0.15) is 0 Å². The molecule has 21 heavy (non-hydrogen) atoms. The van der Waals surface area contributed by atoms with Crippen LogP contribution in [0.15, 0.2) is 24.3 Å². The van der Waals surface area contributed by atoms with E-state index in [2.05, 4.69) is 0 Å². The molecule has 0 aliphatic heterocycles. The molecular weight excluding hydrogens is 288 g/mol. The first-order chi connectivity index (χ1) is 10.1. The van der Waals surface area contributed by atoms with E-state index in [1.165, 1.54) is 7.11 Å². The molecular formula is C17H21ClO3. The lowest BCUT2D eigenvalue weighted by Crippen LogP contribution is -2.24. The van der Waals surface area contributed by atoms with Gasteiger partial charge >= 0.3 is 5.97 Å². The van der Waals surface area contributed by atoms with Crippen LogP contribution in [0.5, 0.6) is 0 Å². The number of ketones is 1. The van der Waals surface area contributed by atoms with Crippen molar-refractivity contribution in [3.63, 3.8) is 0 Å². The van der Waals surface area contributed by atoms with Crippen LogP contribution in [0.25, 0.3) is 0 Å². The summed E-state index contributed by atoms with van der Waals surface area (Å²) in [7, 11) is 1.37. The molecule has 1 aromatic carbocycles. The fraction of sp³-hybridized carbons (Fsp3) is 0.529. The van der Waals surface area contributed by atoms with Gasteiger partial charge in [-0.25, -0.2) is 0 Å². The summed E-state index contributed by atoms with van der Waals surface area (Å²) in [5.41, 5.74) is 0.994. The Morgan fingerprint density at radius 3 is 2.43 bits per heavy atom. The van der Waals surface area contributed by atoms with Gasteiger partial charge in [0.15, 0.2) is 0 Å². The number of carbonyl (C=O) groups is 2. The monoisotopic (exact) mass is 308 g/mol. The zero-order valence-electron chi connectivity index (χ0n) is 12.3. The van der Waals surface area contributed by atoms with E-state index in [4.69, 9.17) is 16.3 Å². The van der Waals surface area contributed by atoms with Gasteiger partial charge in [0.25, 0.3) is 0 Å². The van der Waals surface area contributed by atoms with Crippen molar-refractivity contribution in [3.05, 3.63) is 34.9 Å². The van der Waals surface area contributed by atoms with E-state index in [9.17, 15) is 9.59 Å². The summed E-state index contributed by atoms with van der Waals surface area (Å²) in [6.07, 6.45) is 4.97. The third kappa shape index (κ3) is 4.57. The SMILES string of the molecule is COC(=O)[C@@H](CC(=O)C1CCCC1)Cc1ccc(Cl)cc1. The Labute approximate surface area is 130 Å². The van der Waals surface area contributed by atoms with Crippen molar-refractivity contribution in [1.29, 1.82) is 0 Å². The molecule has 0 spiro atoms. The number of Topliss-reactive ketones (excluding diaryl/α,β-unsaturated/α-hetero) is 1. The van der Waals surface area contributed by atoms with Gasteiger partial charge < -0.3 is 4.74 Å². The molecule has 0 aromatic heterocycles. The van der Waals surface area contributed by atoms with Crippen LogP contribution in [0.3, 0.4) is 0 Å².